The maximum Gasteiger partial charge on any atom is 0.159 e. The summed E-state index contributed by atoms with van der Waals surface area (Å²) in [5.74, 6) is 0. The summed E-state index contributed by atoms with van der Waals surface area (Å²) in [6.45, 7) is 5.52. The molecule has 5 aromatic rings. The quantitative estimate of drug-likeness (QED) is 0.413. The highest BCUT2D eigenvalue weighted by Gasteiger charge is 2.15. The molecular formula is C26H24N6. The van der Waals surface area contributed by atoms with E-state index in [9.17, 15) is 0 Å². The molecule has 5 heterocycles. The molecule has 6 heteroatoms. The number of nitrogens with zero attached hydrogens (tertiary/aromatic N) is 6. The second kappa shape index (κ2) is 7.80. The van der Waals surface area contributed by atoms with Crippen LogP contribution >= 0.6 is 0 Å². The Morgan fingerprint density at radius 2 is 1.69 bits per heavy atom. The van der Waals surface area contributed by atoms with Crippen LogP contribution in [-0.2, 0) is 6.54 Å². The van der Waals surface area contributed by atoms with E-state index in [1.54, 1.807) is 12.4 Å². The lowest BCUT2D eigenvalue weighted by Gasteiger charge is -2.15. The first kappa shape index (κ1) is 19.1. The highest BCUT2D eigenvalue weighted by molar-refractivity contribution is 5.91. The lowest BCUT2D eigenvalue weighted by atomic mass is 10.0. The summed E-state index contributed by atoms with van der Waals surface area (Å²) in [5.41, 5.74) is 8.15. The number of aromatic nitrogens is 5. The van der Waals surface area contributed by atoms with Crippen LogP contribution < -0.4 is 0 Å². The molecule has 4 aromatic heterocycles. The van der Waals surface area contributed by atoms with E-state index < -0.39 is 0 Å². The fourth-order valence-electron chi connectivity index (χ4n) is 4.67. The molecule has 1 aliphatic rings. The number of rotatable bonds is 4. The van der Waals surface area contributed by atoms with Crippen molar-refractivity contribution in [1.29, 1.82) is 0 Å². The van der Waals surface area contributed by atoms with Crippen LogP contribution in [-0.4, -0.2) is 42.6 Å². The number of hydrogen-bond acceptors (Lipinski definition) is 5. The van der Waals surface area contributed by atoms with Crippen LogP contribution in [0.3, 0.4) is 0 Å². The molecule has 1 aromatic carbocycles. The molecule has 1 fully saturated rings. The van der Waals surface area contributed by atoms with E-state index in [2.05, 4.69) is 57.1 Å². The van der Waals surface area contributed by atoms with Crippen LogP contribution in [0.25, 0.3) is 39.1 Å². The SMILES string of the molecule is Cc1nn2c(-c3ccnc4ncccc34)cnc2cc1-c1ccc(CN2CCCC2)cc1. The first-order valence-electron chi connectivity index (χ1n) is 11.1. The summed E-state index contributed by atoms with van der Waals surface area (Å²) in [6.07, 6.45) is 8.07. The van der Waals surface area contributed by atoms with E-state index in [-0.39, 0.29) is 0 Å². The molecule has 1 aliphatic heterocycles. The summed E-state index contributed by atoms with van der Waals surface area (Å²) in [4.78, 5) is 16.0. The molecule has 158 valence electrons. The van der Waals surface area contributed by atoms with Crippen molar-refractivity contribution in [2.24, 2.45) is 0 Å². The van der Waals surface area contributed by atoms with Crippen molar-refractivity contribution in [2.45, 2.75) is 26.3 Å². The molecule has 0 unspecified atom stereocenters. The van der Waals surface area contributed by atoms with Gasteiger partial charge in [0.1, 0.15) is 0 Å². The van der Waals surface area contributed by atoms with E-state index in [1.165, 1.54) is 37.1 Å². The van der Waals surface area contributed by atoms with Crippen LogP contribution in [0, 0.1) is 6.92 Å². The van der Waals surface area contributed by atoms with Gasteiger partial charge in [0, 0.05) is 35.5 Å². The third-order valence-corrected chi connectivity index (χ3v) is 6.34. The van der Waals surface area contributed by atoms with Gasteiger partial charge in [-0.2, -0.15) is 5.10 Å². The number of hydrogen-bond donors (Lipinski definition) is 0. The minimum Gasteiger partial charge on any atom is -0.299 e. The highest BCUT2D eigenvalue weighted by Crippen LogP contribution is 2.29. The van der Waals surface area contributed by atoms with Crippen LogP contribution in [0.15, 0.2) is 67.1 Å². The van der Waals surface area contributed by atoms with E-state index in [0.29, 0.717) is 0 Å². The van der Waals surface area contributed by atoms with Crippen LogP contribution in [0.1, 0.15) is 24.1 Å². The maximum atomic E-state index is 4.91. The summed E-state index contributed by atoms with van der Waals surface area (Å²) in [6, 6.07) is 17.0. The van der Waals surface area contributed by atoms with Crippen molar-refractivity contribution >= 4 is 16.7 Å². The molecule has 0 N–H and O–H groups in total. The zero-order valence-corrected chi connectivity index (χ0v) is 18.1. The Labute approximate surface area is 186 Å². The molecule has 0 atom stereocenters. The van der Waals surface area contributed by atoms with Gasteiger partial charge in [-0.1, -0.05) is 24.3 Å². The first-order valence-corrected chi connectivity index (χ1v) is 11.1. The van der Waals surface area contributed by atoms with Gasteiger partial charge in [-0.05, 0) is 68.2 Å². The number of pyridine rings is 2. The number of fused-ring (bicyclic) bond motifs is 2. The van der Waals surface area contributed by atoms with Gasteiger partial charge >= 0.3 is 0 Å². The zero-order valence-electron chi connectivity index (χ0n) is 18.1. The molecule has 0 radical (unpaired) electrons. The Kier molecular flexibility index (Phi) is 4.65. The van der Waals surface area contributed by atoms with Gasteiger partial charge in [0.25, 0.3) is 0 Å². The van der Waals surface area contributed by atoms with Crippen molar-refractivity contribution in [3.8, 4) is 22.4 Å². The molecular weight excluding hydrogens is 396 g/mol. The van der Waals surface area contributed by atoms with Gasteiger partial charge in [0.2, 0.25) is 0 Å². The lowest BCUT2D eigenvalue weighted by molar-refractivity contribution is 0.331. The molecule has 32 heavy (non-hydrogen) atoms. The fraction of sp³-hybridized carbons (Fsp3) is 0.231. The zero-order chi connectivity index (χ0) is 21.5. The van der Waals surface area contributed by atoms with Gasteiger partial charge in [-0.3, -0.25) is 4.90 Å². The molecule has 0 spiro atoms. The second-order valence-electron chi connectivity index (χ2n) is 8.47. The number of aryl methyl sites for hydroxylation is 1. The highest BCUT2D eigenvalue weighted by atomic mass is 15.3. The summed E-state index contributed by atoms with van der Waals surface area (Å²) in [5, 5.41) is 5.90. The monoisotopic (exact) mass is 420 g/mol. The molecule has 0 saturated carbocycles. The second-order valence-corrected chi connectivity index (χ2v) is 8.47. The normalized spacial score (nSPS) is 14.5. The largest absolute Gasteiger partial charge is 0.299 e. The third kappa shape index (κ3) is 3.33. The predicted octanol–water partition coefficient (Wildman–Crippen LogP) is 4.91. The summed E-state index contributed by atoms with van der Waals surface area (Å²) in [7, 11) is 0. The minimum atomic E-state index is 0.724. The Morgan fingerprint density at radius 3 is 2.53 bits per heavy atom. The van der Waals surface area contributed by atoms with Gasteiger partial charge in [-0.15, -0.1) is 0 Å². The van der Waals surface area contributed by atoms with Crippen LogP contribution in [0.2, 0.25) is 0 Å². The molecule has 1 saturated heterocycles. The van der Waals surface area contributed by atoms with Crippen LogP contribution in [0.5, 0.6) is 0 Å². The van der Waals surface area contributed by atoms with Crippen LogP contribution in [0.4, 0.5) is 0 Å². The van der Waals surface area contributed by atoms with Crippen molar-refractivity contribution in [3.05, 3.63) is 78.4 Å². The van der Waals surface area contributed by atoms with Crippen molar-refractivity contribution < 1.29 is 0 Å². The first-order chi connectivity index (χ1) is 15.8. The van der Waals surface area contributed by atoms with E-state index >= 15 is 0 Å². The summed E-state index contributed by atoms with van der Waals surface area (Å²) < 4.78 is 1.92. The summed E-state index contributed by atoms with van der Waals surface area (Å²) >= 11 is 0. The van der Waals surface area contributed by atoms with Gasteiger partial charge in [0.15, 0.2) is 11.3 Å². The Morgan fingerprint density at radius 1 is 0.875 bits per heavy atom. The van der Waals surface area contributed by atoms with E-state index in [1.807, 2.05) is 28.9 Å². The lowest BCUT2D eigenvalue weighted by Crippen LogP contribution is -2.18. The molecule has 0 bridgehead atoms. The fourth-order valence-corrected chi connectivity index (χ4v) is 4.67. The molecule has 6 rings (SSSR count). The predicted molar refractivity (Wildman–Crippen MR) is 126 cm³/mol. The maximum absolute atomic E-state index is 4.91. The minimum absolute atomic E-state index is 0.724. The van der Waals surface area contributed by atoms with Gasteiger partial charge < -0.3 is 0 Å². The van der Waals surface area contributed by atoms with Gasteiger partial charge in [0.05, 0.1) is 17.6 Å². The number of likely N-dealkylation sites (tertiary alicyclic amines) is 1. The molecule has 6 nitrogen and oxygen atoms in total. The number of benzene rings is 1. The van der Waals surface area contributed by atoms with E-state index in [4.69, 9.17) is 5.10 Å². The molecule has 0 aliphatic carbocycles. The van der Waals surface area contributed by atoms with Crippen molar-refractivity contribution in [1.82, 2.24) is 29.5 Å². The topological polar surface area (TPSA) is 59.2 Å². The van der Waals surface area contributed by atoms with Gasteiger partial charge in [-0.25, -0.2) is 19.5 Å². The molecule has 0 amide bonds. The average molecular weight is 421 g/mol. The van der Waals surface area contributed by atoms with Crippen molar-refractivity contribution in [3.63, 3.8) is 0 Å². The van der Waals surface area contributed by atoms with E-state index in [0.717, 1.165) is 45.7 Å². The standard InChI is InChI=1S/C26H24N6/c1-18-23(20-8-6-19(7-9-20)17-31-13-2-3-14-31)15-25-29-16-24(32(25)30-18)21-10-12-28-26-22(21)5-4-11-27-26/h4-12,15-16H,2-3,13-14,17H2,1H3. The average Bonchev–Trinajstić information content (AvgIpc) is 3.48. The third-order valence-electron chi connectivity index (χ3n) is 6.34. The van der Waals surface area contributed by atoms with Crippen molar-refractivity contribution in [2.75, 3.05) is 13.1 Å². The Balaban J connectivity index is 1.37. The Hall–Kier alpha value is -3.64. The Bertz CT molecular complexity index is 1410. The number of imidazole rings is 1. The smallest absolute Gasteiger partial charge is 0.159 e.